The van der Waals surface area contributed by atoms with E-state index in [-0.39, 0.29) is 12.1 Å². The second-order valence-corrected chi connectivity index (χ2v) is 8.01. The van der Waals surface area contributed by atoms with E-state index in [4.69, 9.17) is 5.73 Å². The van der Waals surface area contributed by atoms with E-state index in [1.54, 1.807) is 0 Å². The molecular weight excluding hydrogens is 390 g/mol. The number of amides is 2. The van der Waals surface area contributed by atoms with Crippen LogP contribution in [0, 0.1) is 11.3 Å². The normalized spacial score (nSPS) is 12.9. The lowest BCUT2D eigenvalue weighted by Crippen LogP contribution is -2.33. The number of carbonyl (C=O) groups excluding carboxylic acids is 2. The van der Waals surface area contributed by atoms with E-state index in [0.717, 1.165) is 40.8 Å². The van der Waals surface area contributed by atoms with E-state index < -0.39 is 17.4 Å². The number of aromatic nitrogens is 2. The Kier molecular flexibility index (Phi) is 6.13. The van der Waals surface area contributed by atoms with Crippen molar-refractivity contribution in [1.29, 1.82) is 5.26 Å². The lowest BCUT2D eigenvalue weighted by atomic mass is 9.95. The fourth-order valence-electron chi connectivity index (χ4n) is 3.76. The number of hydrogen-bond acceptors (Lipinski definition) is 6. The number of nitriles is 1. The van der Waals surface area contributed by atoms with Crippen LogP contribution < -0.4 is 16.6 Å². The molecule has 1 aliphatic carbocycles. The number of hydrogen-bond donors (Lipinski definition) is 2. The molecule has 0 bridgehead atoms. The van der Waals surface area contributed by atoms with Crippen molar-refractivity contribution in [3.8, 4) is 6.07 Å². The predicted octanol–water partition coefficient (Wildman–Crippen LogP) is 1.92. The van der Waals surface area contributed by atoms with Crippen LogP contribution in [-0.2, 0) is 37.0 Å². The molecule has 3 N–H and O–H groups in total. The lowest BCUT2D eigenvalue weighted by Gasteiger charge is -2.12. The summed E-state index contributed by atoms with van der Waals surface area (Å²) in [5.41, 5.74) is 7.53. The zero-order valence-corrected chi connectivity index (χ0v) is 17.3. The van der Waals surface area contributed by atoms with Crippen LogP contribution in [0.1, 0.15) is 64.3 Å². The van der Waals surface area contributed by atoms with Crippen molar-refractivity contribution in [3.63, 3.8) is 0 Å². The Morgan fingerprint density at radius 1 is 1.28 bits per heavy atom. The first kappa shape index (κ1) is 20.7. The van der Waals surface area contributed by atoms with Crippen LogP contribution in [-0.4, -0.2) is 21.6 Å². The molecule has 0 aromatic carbocycles. The van der Waals surface area contributed by atoms with E-state index in [1.165, 1.54) is 11.3 Å². The van der Waals surface area contributed by atoms with Crippen LogP contribution in [0.25, 0.3) is 0 Å². The Bertz CT molecular complexity index is 1080. The molecule has 2 aromatic rings. The first-order chi connectivity index (χ1) is 13.9. The Morgan fingerprint density at radius 3 is 2.62 bits per heavy atom. The molecule has 3 rings (SSSR count). The van der Waals surface area contributed by atoms with E-state index in [0.29, 0.717) is 34.7 Å². The SMILES string of the molecule is CCc1nn(CC(=O)Nc2sc3c(c2C(N)=O)CCCC3)c(=O)c(C#N)c1CC. The number of carbonyl (C=O) groups is 2. The molecule has 152 valence electrons. The van der Waals surface area contributed by atoms with E-state index in [2.05, 4.69) is 10.4 Å². The number of fused-ring (bicyclic) bond motifs is 1. The van der Waals surface area contributed by atoms with Crippen LogP contribution >= 0.6 is 11.3 Å². The summed E-state index contributed by atoms with van der Waals surface area (Å²) < 4.78 is 1.02. The monoisotopic (exact) mass is 413 g/mol. The van der Waals surface area contributed by atoms with Gasteiger partial charge in [0.15, 0.2) is 0 Å². The maximum Gasteiger partial charge on any atom is 0.285 e. The number of primary amides is 1. The third-order valence-corrected chi connectivity index (χ3v) is 6.31. The number of nitrogens with zero attached hydrogens (tertiary/aromatic N) is 3. The summed E-state index contributed by atoms with van der Waals surface area (Å²) in [5, 5.41) is 16.8. The highest BCUT2D eigenvalue weighted by atomic mass is 32.1. The van der Waals surface area contributed by atoms with Crippen molar-refractivity contribution in [2.24, 2.45) is 5.73 Å². The summed E-state index contributed by atoms with van der Waals surface area (Å²) >= 11 is 1.36. The third-order valence-electron chi connectivity index (χ3n) is 5.10. The minimum atomic E-state index is -0.586. The fourth-order valence-corrected chi connectivity index (χ4v) is 5.07. The van der Waals surface area contributed by atoms with Crippen molar-refractivity contribution in [3.05, 3.63) is 43.2 Å². The average molecular weight is 414 g/mol. The Hall–Kier alpha value is -2.99. The summed E-state index contributed by atoms with van der Waals surface area (Å²) in [7, 11) is 0. The number of nitrogens with two attached hydrogens (primary N) is 1. The molecule has 9 heteroatoms. The zero-order chi connectivity index (χ0) is 21.1. The van der Waals surface area contributed by atoms with Gasteiger partial charge in [0, 0.05) is 4.88 Å². The highest BCUT2D eigenvalue weighted by Crippen LogP contribution is 2.37. The van der Waals surface area contributed by atoms with Gasteiger partial charge in [-0.15, -0.1) is 11.3 Å². The van der Waals surface area contributed by atoms with Gasteiger partial charge in [-0.3, -0.25) is 14.4 Å². The molecule has 2 aromatic heterocycles. The predicted molar refractivity (Wildman–Crippen MR) is 110 cm³/mol. The van der Waals surface area contributed by atoms with Crippen molar-refractivity contribution >= 4 is 28.2 Å². The summed E-state index contributed by atoms with van der Waals surface area (Å²) in [4.78, 5) is 38.3. The largest absolute Gasteiger partial charge is 0.365 e. The molecule has 29 heavy (non-hydrogen) atoms. The van der Waals surface area contributed by atoms with Gasteiger partial charge in [0.25, 0.3) is 11.5 Å². The molecule has 8 nitrogen and oxygen atoms in total. The first-order valence-corrected chi connectivity index (χ1v) is 10.5. The topological polar surface area (TPSA) is 131 Å². The van der Waals surface area contributed by atoms with E-state index >= 15 is 0 Å². The van der Waals surface area contributed by atoms with E-state index in [9.17, 15) is 19.6 Å². The Labute approximate surface area is 172 Å². The first-order valence-electron chi connectivity index (χ1n) is 9.68. The standard InChI is InChI=1S/C20H23N5O3S/c1-3-11-13(9-21)20(28)25(24-14(11)4-2)10-16(26)23-19-17(18(22)27)12-7-5-6-8-15(12)29-19/h3-8,10H2,1-2H3,(H2,22,27)(H,23,26). The Morgan fingerprint density at radius 2 is 2.00 bits per heavy atom. The van der Waals surface area contributed by atoms with Gasteiger partial charge in [0.2, 0.25) is 5.91 Å². The highest BCUT2D eigenvalue weighted by molar-refractivity contribution is 7.17. The fraction of sp³-hybridized carbons (Fsp3) is 0.450. The molecule has 2 heterocycles. The molecule has 0 radical (unpaired) electrons. The summed E-state index contributed by atoms with van der Waals surface area (Å²) in [5.74, 6) is -1.06. The van der Waals surface area contributed by atoms with Crippen molar-refractivity contribution < 1.29 is 9.59 Å². The number of anilines is 1. The van der Waals surface area contributed by atoms with Crippen molar-refractivity contribution in [2.45, 2.75) is 58.9 Å². The molecule has 0 saturated heterocycles. The van der Waals surface area contributed by atoms with Gasteiger partial charge in [-0.05, 0) is 49.7 Å². The van der Waals surface area contributed by atoms with Crippen LogP contribution in [0.2, 0.25) is 0 Å². The molecule has 2 amide bonds. The van der Waals surface area contributed by atoms with Gasteiger partial charge < -0.3 is 11.1 Å². The number of rotatable bonds is 6. The van der Waals surface area contributed by atoms with Gasteiger partial charge in [-0.2, -0.15) is 10.4 Å². The third kappa shape index (κ3) is 3.93. The second-order valence-electron chi connectivity index (χ2n) is 6.91. The molecule has 0 atom stereocenters. The summed E-state index contributed by atoms with van der Waals surface area (Å²) in [6.07, 6.45) is 4.72. The van der Waals surface area contributed by atoms with Crippen LogP contribution in [0.15, 0.2) is 4.79 Å². The van der Waals surface area contributed by atoms with Crippen molar-refractivity contribution in [1.82, 2.24) is 9.78 Å². The van der Waals surface area contributed by atoms with Crippen molar-refractivity contribution in [2.75, 3.05) is 5.32 Å². The quantitative estimate of drug-likeness (QED) is 0.747. The van der Waals surface area contributed by atoms with Crippen LogP contribution in [0.5, 0.6) is 0 Å². The molecule has 0 unspecified atom stereocenters. The minimum absolute atomic E-state index is 0.0246. The lowest BCUT2D eigenvalue weighted by molar-refractivity contribution is -0.117. The van der Waals surface area contributed by atoms with Gasteiger partial charge in [0.05, 0.1) is 11.3 Å². The maximum atomic E-state index is 12.6. The molecule has 0 aliphatic heterocycles. The molecule has 1 aliphatic rings. The van der Waals surface area contributed by atoms with Gasteiger partial charge in [-0.1, -0.05) is 13.8 Å². The number of aryl methyl sites for hydroxylation is 2. The maximum absolute atomic E-state index is 12.6. The van der Waals surface area contributed by atoms with Gasteiger partial charge >= 0.3 is 0 Å². The number of nitrogens with one attached hydrogen (secondary N) is 1. The number of thiophene rings is 1. The highest BCUT2D eigenvalue weighted by Gasteiger charge is 2.25. The second kappa shape index (κ2) is 8.57. The summed E-state index contributed by atoms with van der Waals surface area (Å²) in [6, 6.07) is 1.95. The Balaban J connectivity index is 1.91. The molecular formula is C20H23N5O3S. The van der Waals surface area contributed by atoms with Gasteiger partial charge in [-0.25, -0.2) is 4.68 Å². The average Bonchev–Trinajstić information content (AvgIpc) is 3.06. The molecule has 0 spiro atoms. The minimum Gasteiger partial charge on any atom is -0.365 e. The van der Waals surface area contributed by atoms with E-state index in [1.807, 2.05) is 19.9 Å². The summed E-state index contributed by atoms with van der Waals surface area (Å²) in [6.45, 7) is 3.40. The molecule has 0 saturated carbocycles. The van der Waals surface area contributed by atoms with Gasteiger partial charge in [0.1, 0.15) is 23.2 Å². The smallest absolute Gasteiger partial charge is 0.285 e. The zero-order valence-electron chi connectivity index (χ0n) is 16.5. The molecule has 0 fully saturated rings. The van der Waals surface area contributed by atoms with Crippen LogP contribution in [0.4, 0.5) is 5.00 Å². The van der Waals surface area contributed by atoms with Crippen LogP contribution in [0.3, 0.4) is 0 Å².